The van der Waals surface area contributed by atoms with Crippen molar-refractivity contribution in [2.75, 3.05) is 40.9 Å². The van der Waals surface area contributed by atoms with Crippen molar-refractivity contribution in [3.05, 3.63) is 64.5 Å². The van der Waals surface area contributed by atoms with Crippen molar-refractivity contribution in [1.29, 1.82) is 0 Å². The Hall–Kier alpha value is -3.85. The zero-order valence-electron chi connectivity index (χ0n) is 15.6. The zero-order valence-corrected chi connectivity index (χ0v) is 15.6. The van der Waals surface area contributed by atoms with Crippen LogP contribution in [0.25, 0.3) is 10.4 Å². The molecule has 2 saturated heterocycles. The van der Waals surface area contributed by atoms with Crippen molar-refractivity contribution in [2.45, 2.75) is 6.10 Å². The van der Waals surface area contributed by atoms with Gasteiger partial charge in [0.05, 0.1) is 24.5 Å². The van der Waals surface area contributed by atoms with E-state index in [4.69, 9.17) is 10.3 Å². The summed E-state index contributed by atoms with van der Waals surface area (Å²) in [4.78, 5) is 31.4. The predicted molar refractivity (Wildman–Crippen MR) is 105 cm³/mol. The molecule has 2 aromatic carbocycles. The van der Waals surface area contributed by atoms with E-state index >= 15 is 0 Å². The quantitative estimate of drug-likeness (QED) is 0.419. The number of ether oxygens (including phenoxy) is 1. The second-order valence-corrected chi connectivity index (χ2v) is 6.73. The Balaban J connectivity index is 1.51. The smallest absolute Gasteiger partial charge is 0.414 e. The molecule has 9 nitrogen and oxygen atoms in total. The molecule has 154 valence electrons. The molecule has 0 spiro atoms. The maximum atomic E-state index is 14.8. The molecule has 2 aliphatic rings. The summed E-state index contributed by atoms with van der Waals surface area (Å²) in [5.41, 5.74) is 9.24. The molecule has 2 aromatic rings. The summed E-state index contributed by atoms with van der Waals surface area (Å²) in [6.07, 6.45) is -1.28. The van der Waals surface area contributed by atoms with E-state index in [-0.39, 0.29) is 31.0 Å². The molecule has 3 amide bonds. The van der Waals surface area contributed by atoms with Crippen LogP contribution in [0.3, 0.4) is 0 Å². The minimum Gasteiger partial charge on any atom is -0.444 e. The van der Waals surface area contributed by atoms with Gasteiger partial charge in [-0.25, -0.2) is 18.4 Å². The third-order valence-corrected chi connectivity index (χ3v) is 4.90. The molecule has 0 aliphatic carbocycles. The minimum atomic E-state index is -0.673. The zero-order chi connectivity index (χ0) is 21.3. The van der Waals surface area contributed by atoms with Crippen molar-refractivity contribution < 1.29 is 23.1 Å². The number of carbonyl (C=O) groups excluding carboxylic acids is 2. The molecule has 2 fully saturated rings. The molecule has 0 N–H and O–H groups in total. The first-order valence-corrected chi connectivity index (χ1v) is 9.11. The van der Waals surface area contributed by atoms with Gasteiger partial charge in [0.1, 0.15) is 17.7 Å². The van der Waals surface area contributed by atoms with E-state index in [2.05, 4.69) is 10.0 Å². The molecular formula is C19H16F2N6O3. The molecule has 0 saturated carbocycles. The Morgan fingerprint density at radius 1 is 1.03 bits per heavy atom. The van der Waals surface area contributed by atoms with Gasteiger partial charge in [-0.15, -0.1) is 0 Å². The molecule has 2 heterocycles. The van der Waals surface area contributed by atoms with Crippen LogP contribution in [0.2, 0.25) is 0 Å². The Kier molecular flexibility index (Phi) is 5.11. The molecular weight excluding hydrogens is 398 g/mol. The fourth-order valence-electron chi connectivity index (χ4n) is 3.46. The van der Waals surface area contributed by atoms with Crippen LogP contribution in [0.15, 0.2) is 47.6 Å². The number of azide groups is 1. The van der Waals surface area contributed by atoms with Gasteiger partial charge in [-0.05, 0) is 48.0 Å². The Labute approximate surface area is 169 Å². The third kappa shape index (κ3) is 3.58. The largest absolute Gasteiger partial charge is 0.444 e. The van der Waals surface area contributed by atoms with Gasteiger partial charge >= 0.3 is 12.1 Å². The van der Waals surface area contributed by atoms with Crippen LogP contribution in [-0.2, 0) is 4.74 Å². The van der Waals surface area contributed by atoms with E-state index in [1.54, 1.807) is 0 Å². The van der Waals surface area contributed by atoms with E-state index < -0.39 is 29.9 Å². The number of anilines is 3. The van der Waals surface area contributed by atoms with E-state index in [0.29, 0.717) is 12.2 Å². The molecule has 1 unspecified atom stereocenters. The first-order valence-electron chi connectivity index (χ1n) is 9.11. The van der Waals surface area contributed by atoms with Gasteiger partial charge in [0, 0.05) is 23.7 Å². The first kappa shape index (κ1) is 19.5. The normalized spacial score (nSPS) is 18.6. The lowest BCUT2D eigenvalue weighted by molar-refractivity contribution is 0.145. The number of hydrogen-bond acceptors (Lipinski definition) is 4. The predicted octanol–water partition coefficient (Wildman–Crippen LogP) is 4.05. The third-order valence-electron chi connectivity index (χ3n) is 4.90. The Bertz CT molecular complexity index is 1040. The number of nitrogens with zero attached hydrogens (tertiary/aromatic N) is 6. The molecule has 0 aromatic heterocycles. The van der Waals surface area contributed by atoms with Crippen LogP contribution in [0.5, 0.6) is 0 Å². The van der Waals surface area contributed by atoms with E-state index in [1.807, 2.05) is 0 Å². The second-order valence-electron chi connectivity index (χ2n) is 6.73. The van der Waals surface area contributed by atoms with Gasteiger partial charge in [-0.3, -0.25) is 14.7 Å². The fourth-order valence-corrected chi connectivity index (χ4v) is 3.46. The number of halogens is 2. The van der Waals surface area contributed by atoms with Crippen LogP contribution in [0.1, 0.15) is 0 Å². The first-order chi connectivity index (χ1) is 14.5. The highest BCUT2D eigenvalue weighted by Crippen LogP contribution is 2.31. The van der Waals surface area contributed by atoms with Crippen LogP contribution in [0, 0.1) is 11.6 Å². The molecule has 30 heavy (non-hydrogen) atoms. The van der Waals surface area contributed by atoms with Gasteiger partial charge in [0.25, 0.3) is 0 Å². The number of amides is 3. The molecule has 1 atom stereocenters. The second kappa shape index (κ2) is 7.88. The average molecular weight is 414 g/mol. The monoisotopic (exact) mass is 414 g/mol. The number of cyclic esters (lactones) is 1. The summed E-state index contributed by atoms with van der Waals surface area (Å²) in [5.74, 6) is -1.08. The average Bonchev–Trinajstić information content (AvgIpc) is 3.29. The topological polar surface area (TPSA) is 102 Å². The maximum absolute atomic E-state index is 14.8. The lowest BCUT2D eigenvalue weighted by Gasteiger charge is -2.20. The summed E-state index contributed by atoms with van der Waals surface area (Å²) >= 11 is 0. The van der Waals surface area contributed by atoms with Crippen molar-refractivity contribution >= 4 is 29.2 Å². The number of benzene rings is 2. The van der Waals surface area contributed by atoms with Crippen LogP contribution in [-0.4, -0.2) is 44.4 Å². The number of carbonyl (C=O) groups is 2. The standard InChI is InChI=1S/C19H16F2N6O3/c20-12-1-3-13(4-2-12)25-7-8-26(18(25)28)17-6-5-14(9-16(17)21)27-11-15(10-23-24-22)30-19(27)29/h1-6,9,15H,7-8,10-11H2. The molecule has 2 aliphatic heterocycles. The van der Waals surface area contributed by atoms with Crippen molar-refractivity contribution in [2.24, 2.45) is 5.11 Å². The van der Waals surface area contributed by atoms with Gasteiger partial charge in [-0.2, -0.15) is 0 Å². The highest BCUT2D eigenvalue weighted by atomic mass is 19.1. The maximum Gasteiger partial charge on any atom is 0.414 e. The Morgan fingerprint density at radius 2 is 1.73 bits per heavy atom. The van der Waals surface area contributed by atoms with Crippen molar-refractivity contribution in [3.8, 4) is 0 Å². The molecule has 11 heteroatoms. The fraction of sp³-hybridized carbons (Fsp3) is 0.263. The minimum absolute atomic E-state index is 0.0131. The summed E-state index contributed by atoms with van der Waals surface area (Å²) in [5, 5.41) is 3.38. The number of hydrogen-bond donors (Lipinski definition) is 0. The van der Waals surface area contributed by atoms with Crippen molar-refractivity contribution in [1.82, 2.24) is 0 Å². The summed E-state index contributed by atoms with van der Waals surface area (Å²) in [6.45, 7) is 0.691. The van der Waals surface area contributed by atoms with E-state index in [9.17, 15) is 18.4 Å². The number of rotatable bonds is 5. The van der Waals surface area contributed by atoms with Crippen LogP contribution >= 0.6 is 0 Å². The molecule has 0 radical (unpaired) electrons. The van der Waals surface area contributed by atoms with Crippen LogP contribution < -0.4 is 14.7 Å². The van der Waals surface area contributed by atoms with Crippen molar-refractivity contribution in [3.63, 3.8) is 0 Å². The van der Waals surface area contributed by atoms with E-state index in [0.717, 1.165) is 6.07 Å². The van der Waals surface area contributed by atoms with Crippen LogP contribution in [0.4, 0.5) is 35.4 Å². The highest BCUT2D eigenvalue weighted by Gasteiger charge is 2.34. The lowest BCUT2D eigenvalue weighted by atomic mass is 10.2. The summed E-state index contributed by atoms with van der Waals surface area (Å²) < 4.78 is 33.0. The SMILES string of the molecule is [N-]=[N+]=NCC1CN(c2ccc(N3CCN(c4ccc(F)cc4)C3=O)c(F)c2)C(=O)O1. The van der Waals surface area contributed by atoms with Gasteiger partial charge < -0.3 is 4.74 Å². The van der Waals surface area contributed by atoms with Gasteiger partial charge in [-0.1, -0.05) is 5.11 Å². The number of urea groups is 1. The molecule has 4 rings (SSSR count). The van der Waals surface area contributed by atoms with E-state index in [1.165, 1.54) is 51.1 Å². The summed E-state index contributed by atoms with van der Waals surface area (Å²) in [7, 11) is 0. The summed E-state index contributed by atoms with van der Waals surface area (Å²) in [6, 6.07) is 9.15. The van der Waals surface area contributed by atoms with Gasteiger partial charge in [0.15, 0.2) is 0 Å². The van der Waals surface area contributed by atoms with Gasteiger partial charge in [0.2, 0.25) is 0 Å². The Morgan fingerprint density at radius 3 is 2.43 bits per heavy atom. The lowest BCUT2D eigenvalue weighted by Crippen LogP contribution is -2.32. The highest BCUT2D eigenvalue weighted by molar-refractivity contribution is 6.06. The molecule has 0 bridgehead atoms.